The van der Waals surface area contributed by atoms with Crippen LogP contribution < -0.4 is 4.74 Å². The molecule has 0 amide bonds. The number of benzene rings is 1. The van der Waals surface area contributed by atoms with Gasteiger partial charge in [-0.2, -0.15) is 0 Å². The quantitative estimate of drug-likeness (QED) is 0.391. The molecule has 1 aromatic carbocycles. The molecule has 3 aliphatic carbocycles. The second-order valence-corrected chi connectivity index (χ2v) is 11.6. The van der Waals surface area contributed by atoms with Crippen molar-refractivity contribution in [1.29, 1.82) is 0 Å². The molecule has 2 saturated carbocycles. The van der Waals surface area contributed by atoms with Gasteiger partial charge in [-0.15, -0.1) is 0 Å². The molecule has 0 N–H and O–H groups in total. The minimum absolute atomic E-state index is 0.0649. The maximum atomic E-state index is 11.1. The standard InChI is InChI=1S/C29H40O5/c1-28-19-21(6-2-4-14-30)27-23-11-9-22(34-26-7-3-5-15-31-26)18-20(23)8-10-24(27)25(28)12-13-29(28)32-16-17-33-29/h9,11,14,18,21,24-27H,2-8,10,12-13,15-17,19H2,1H3/t21-,24?,25?,26?,27?,28-/m0/s1. The van der Waals surface area contributed by atoms with E-state index in [2.05, 4.69) is 25.1 Å². The topological polar surface area (TPSA) is 54.0 Å². The van der Waals surface area contributed by atoms with Crippen molar-refractivity contribution >= 4 is 6.29 Å². The minimum atomic E-state index is -0.385. The molecule has 0 radical (unpaired) electrons. The molecule has 2 heterocycles. The smallest absolute Gasteiger partial charge is 0.199 e. The lowest BCUT2D eigenvalue weighted by atomic mass is 9.50. The zero-order chi connectivity index (χ0) is 23.2. The lowest BCUT2D eigenvalue weighted by Gasteiger charge is -2.56. The van der Waals surface area contributed by atoms with Crippen molar-refractivity contribution in [3.63, 3.8) is 0 Å². The first-order valence-electron chi connectivity index (χ1n) is 13.8. The third-order valence-electron chi connectivity index (χ3n) is 9.92. The van der Waals surface area contributed by atoms with Crippen LogP contribution in [0.3, 0.4) is 0 Å². The SMILES string of the molecule is C[C@]12C[C@H](CCCC=O)C3c4ccc(OC5CCCCO5)cc4CCC3C1CCC21OCCO1. The van der Waals surface area contributed by atoms with E-state index in [1.807, 2.05) is 0 Å². The number of hydrogen-bond acceptors (Lipinski definition) is 5. The summed E-state index contributed by atoms with van der Waals surface area (Å²) in [4.78, 5) is 11.1. The van der Waals surface area contributed by atoms with Gasteiger partial charge in [0.2, 0.25) is 0 Å². The molecular formula is C29H40O5. The Labute approximate surface area is 203 Å². The van der Waals surface area contributed by atoms with Crippen molar-refractivity contribution in [3.8, 4) is 5.75 Å². The monoisotopic (exact) mass is 468 g/mol. The number of carbonyl (C=O) groups excluding carboxylic acids is 1. The van der Waals surface area contributed by atoms with Gasteiger partial charge in [0.05, 0.1) is 19.8 Å². The summed E-state index contributed by atoms with van der Waals surface area (Å²) in [5.74, 6) is 2.98. The maximum Gasteiger partial charge on any atom is 0.199 e. The van der Waals surface area contributed by atoms with E-state index in [-0.39, 0.29) is 17.5 Å². The van der Waals surface area contributed by atoms with Gasteiger partial charge >= 0.3 is 0 Å². The fraction of sp³-hybridized carbons (Fsp3) is 0.759. The first kappa shape index (κ1) is 23.0. The highest BCUT2D eigenvalue weighted by Crippen LogP contribution is 2.68. The van der Waals surface area contributed by atoms with Crippen molar-refractivity contribution in [3.05, 3.63) is 29.3 Å². The second kappa shape index (κ2) is 9.22. The summed E-state index contributed by atoms with van der Waals surface area (Å²) in [5, 5.41) is 0. The van der Waals surface area contributed by atoms with Crippen molar-refractivity contribution < 1.29 is 23.7 Å². The zero-order valence-corrected chi connectivity index (χ0v) is 20.6. The Balaban J connectivity index is 1.29. The molecule has 34 heavy (non-hydrogen) atoms. The molecule has 0 aromatic heterocycles. The Kier molecular flexibility index (Phi) is 6.24. The molecule has 186 valence electrons. The highest BCUT2D eigenvalue weighted by Gasteiger charge is 2.66. The zero-order valence-electron chi connectivity index (χ0n) is 20.6. The molecule has 4 unspecified atom stereocenters. The van der Waals surface area contributed by atoms with E-state index in [0.29, 0.717) is 30.1 Å². The van der Waals surface area contributed by atoms with Crippen molar-refractivity contribution in [2.24, 2.45) is 23.2 Å². The number of aldehydes is 1. The molecule has 2 aliphatic heterocycles. The van der Waals surface area contributed by atoms with Crippen molar-refractivity contribution in [2.45, 2.75) is 95.5 Å². The number of unbranched alkanes of at least 4 members (excludes halogenated alkanes) is 1. The van der Waals surface area contributed by atoms with E-state index in [1.165, 1.54) is 30.4 Å². The van der Waals surface area contributed by atoms with E-state index in [0.717, 1.165) is 76.8 Å². The summed E-state index contributed by atoms with van der Waals surface area (Å²) in [6.45, 7) is 4.71. The van der Waals surface area contributed by atoms with Gasteiger partial charge in [-0.3, -0.25) is 0 Å². The summed E-state index contributed by atoms with van der Waals surface area (Å²) in [7, 11) is 0. The highest BCUT2D eigenvalue weighted by molar-refractivity contribution is 5.49. The summed E-state index contributed by atoms with van der Waals surface area (Å²) in [6, 6.07) is 6.82. The Morgan fingerprint density at radius 3 is 2.79 bits per heavy atom. The van der Waals surface area contributed by atoms with E-state index < -0.39 is 0 Å². The lowest BCUT2D eigenvalue weighted by Crippen LogP contribution is -2.54. The average Bonchev–Trinajstić information content (AvgIpc) is 3.45. The number of ether oxygens (including phenoxy) is 4. The molecule has 5 heteroatoms. The summed E-state index contributed by atoms with van der Waals surface area (Å²) >= 11 is 0. The molecule has 6 atom stereocenters. The molecular weight excluding hydrogens is 428 g/mol. The van der Waals surface area contributed by atoms with E-state index >= 15 is 0 Å². The van der Waals surface area contributed by atoms with Gasteiger partial charge in [-0.1, -0.05) is 13.0 Å². The summed E-state index contributed by atoms with van der Waals surface area (Å²) < 4.78 is 24.8. The molecule has 5 aliphatic rings. The molecule has 5 nitrogen and oxygen atoms in total. The Morgan fingerprint density at radius 2 is 2.00 bits per heavy atom. The first-order chi connectivity index (χ1) is 16.6. The molecule has 2 saturated heterocycles. The predicted molar refractivity (Wildman–Crippen MR) is 129 cm³/mol. The first-order valence-corrected chi connectivity index (χ1v) is 13.8. The van der Waals surface area contributed by atoms with Crippen LogP contribution in [-0.4, -0.2) is 38.2 Å². The van der Waals surface area contributed by atoms with Gasteiger partial charge < -0.3 is 23.7 Å². The predicted octanol–water partition coefficient (Wildman–Crippen LogP) is 5.79. The molecule has 1 aromatic rings. The fourth-order valence-corrected chi connectivity index (χ4v) is 8.51. The van der Waals surface area contributed by atoms with Gasteiger partial charge in [0.1, 0.15) is 12.0 Å². The third kappa shape index (κ3) is 3.74. The Bertz CT molecular complexity index is 887. The van der Waals surface area contributed by atoms with Crippen LogP contribution in [0.25, 0.3) is 0 Å². The van der Waals surface area contributed by atoms with Crippen LogP contribution in [0.4, 0.5) is 0 Å². The largest absolute Gasteiger partial charge is 0.465 e. The van der Waals surface area contributed by atoms with Crippen molar-refractivity contribution in [1.82, 2.24) is 0 Å². The van der Waals surface area contributed by atoms with E-state index in [9.17, 15) is 4.79 Å². The third-order valence-corrected chi connectivity index (χ3v) is 9.92. The van der Waals surface area contributed by atoms with Gasteiger partial charge in [0.15, 0.2) is 12.1 Å². The van der Waals surface area contributed by atoms with Crippen LogP contribution in [0.1, 0.15) is 88.2 Å². The number of rotatable bonds is 6. The summed E-state index contributed by atoms with van der Waals surface area (Å²) in [5.41, 5.74) is 3.05. The summed E-state index contributed by atoms with van der Waals surface area (Å²) in [6.07, 6.45) is 12.7. The second-order valence-electron chi connectivity index (χ2n) is 11.6. The van der Waals surface area contributed by atoms with Crippen LogP contribution in [0.2, 0.25) is 0 Å². The Morgan fingerprint density at radius 1 is 1.12 bits per heavy atom. The minimum Gasteiger partial charge on any atom is -0.465 e. The fourth-order valence-electron chi connectivity index (χ4n) is 8.51. The molecule has 6 rings (SSSR count). The molecule has 4 fully saturated rings. The number of hydrogen-bond donors (Lipinski definition) is 0. The van der Waals surface area contributed by atoms with Crippen LogP contribution in [-0.2, 0) is 25.4 Å². The maximum absolute atomic E-state index is 11.1. The number of carbonyl (C=O) groups is 1. The van der Waals surface area contributed by atoms with E-state index in [1.54, 1.807) is 0 Å². The van der Waals surface area contributed by atoms with Crippen LogP contribution in [0.5, 0.6) is 5.75 Å². The van der Waals surface area contributed by atoms with Crippen LogP contribution in [0, 0.1) is 23.2 Å². The van der Waals surface area contributed by atoms with E-state index in [4.69, 9.17) is 18.9 Å². The Hall–Kier alpha value is -1.43. The molecule has 0 bridgehead atoms. The van der Waals surface area contributed by atoms with Gasteiger partial charge in [0, 0.05) is 24.7 Å². The normalized spacial score (nSPS) is 38.2. The van der Waals surface area contributed by atoms with Gasteiger partial charge in [-0.05, 0) is 98.3 Å². The lowest BCUT2D eigenvalue weighted by molar-refractivity contribution is -0.242. The average molecular weight is 469 g/mol. The van der Waals surface area contributed by atoms with Crippen LogP contribution >= 0.6 is 0 Å². The highest BCUT2D eigenvalue weighted by atomic mass is 16.7. The van der Waals surface area contributed by atoms with Crippen molar-refractivity contribution in [2.75, 3.05) is 19.8 Å². The van der Waals surface area contributed by atoms with Gasteiger partial charge in [0.25, 0.3) is 0 Å². The van der Waals surface area contributed by atoms with Gasteiger partial charge in [-0.25, -0.2) is 0 Å². The van der Waals surface area contributed by atoms with Crippen LogP contribution in [0.15, 0.2) is 18.2 Å². The number of aryl methyl sites for hydroxylation is 1. The molecule has 1 spiro atoms. The number of fused-ring (bicyclic) bond motifs is 6.